The van der Waals surface area contributed by atoms with Gasteiger partial charge in [0.15, 0.2) is 0 Å². The molecule has 28 heavy (non-hydrogen) atoms. The molecule has 5 nitrogen and oxygen atoms in total. The van der Waals surface area contributed by atoms with Crippen LogP contribution in [0.2, 0.25) is 0 Å². The molecular formula is C23H32N4O. The third-order valence-corrected chi connectivity index (χ3v) is 6.49. The van der Waals surface area contributed by atoms with Crippen molar-refractivity contribution in [3.05, 3.63) is 53.9 Å². The summed E-state index contributed by atoms with van der Waals surface area (Å²) in [6.07, 6.45) is 11.0. The number of rotatable bonds is 4. The molecule has 0 radical (unpaired) electrons. The first-order chi connectivity index (χ1) is 13.6. The van der Waals surface area contributed by atoms with Crippen LogP contribution in [0.3, 0.4) is 0 Å². The van der Waals surface area contributed by atoms with E-state index in [1.54, 1.807) is 6.92 Å². The number of carbonyl (C=O) groups is 1. The molecule has 0 N–H and O–H groups in total. The van der Waals surface area contributed by atoms with Crippen molar-refractivity contribution in [2.24, 2.45) is 7.05 Å². The number of aryl methyl sites for hydroxylation is 1. The maximum absolute atomic E-state index is 12.4. The van der Waals surface area contributed by atoms with Crippen LogP contribution in [0.5, 0.6) is 0 Å². The van der Waals surface area contributed by atoms with Crippen LogP contribution in [-0.2, 0) is 24.8 Å². The standard InChI is InChI=1S/C23H32N4O/c1-18(28)26-12-8-4-7-11-22-23(26)14-21(13-19-9-5-3-6-10-19)27(22)17-20-15-24-25(2)16-20/h3,5-6,9-10,15-16,21-23H,4,7-8,11-14,17H2,1-2H3/t21-,22-,23+/m1/s1. The number of nitrogens with zero attached hydrogens (tertiary/aromatic N) is 4. The molecule has 2 fully saturated rings. The lowest BCUT2D eigenvalue weighted by Gasteiger charge is -2.37. The average molecular weight is 381 g/mol. The monoisotopic (exact) mass is 380 g/mol. The molecule has 2 aliphatic rings. The second-order valence-corrected chi connectivity index (χ2v) is 8.47. The second kappa shape index (κ2) is 8.48. The fourth-order valence-electron chi connectivity index (χ4n) is 5.22. The van der Waals surface area contributed by atoms with Gasteiger partial charge in [0.25, 0.3) is 0 Å². The van der Waals surface area contributed by atoms with E-state index in [2.05, 4.69) is 51.4 Å². The minimum absolute atomic E-state index is 0.235. The van der Waals surface area contributed by atoms with E-state index >= 15 is 0 Å². The van der Waals surface area contributed by atoms with E-state index in [-0.39, 0.29) is 5.91 Å². The number of hydrogen-bond donors (Lipinski definition) is 0. The number of likely N-dealkylation sites (tertiary alicyclic amines) is 2. The Kier molecular flexibility index (Phi) is 5.81. The highest BCUT2D eigenvalue weighted by Gasteiger charge is 2.44. The quantitative estimate of drug-likeness (QED) is 0.816. The molecule has 3 heterocycles. The SMILES string of the molecule is CC(=O)N1CCCCC[C@@H]2[C@@H]1C[C@@H](Cc1ccccc1)N2Cc1cnn(C)c1. The van der Waals surface area contributed by atoms with Gasteiger partial charge in [0.2, 0.25) is 5.91 Å². The molecule has 1 aromatic carbocycles. The molecule has 0 aliphatic carbocycles. The highest BCUT2D eigenvalue weighted by Crippen LogP contribution is 2.36. The molecule has 2 aliphatic heterocycles. The van der Waals surface area contributed by atoms with Crippen molar-refractivity contribution in [1.29, 1.82) is 0 Å². The Morgan fingerprint density at radius 1 is 1.11 bits per heavy atom. The van der Waals surface area contributed by atoms with Crippen LogP contribution < -0.4 is 0 Å². The van der Waals surface area contributed by atoms with E-state index in [1.807, 2.05) is 17.9 Å². The zero-order valence-electron chi connectivity index (χ0n) is 17.1. The summed E-state index contributed by atoms with van der Waals surface area (Å²) in [6, 6.07) is 12.0. The Bertz CT molecular complexity index is 787. The van der Waals surface area contributed by atoms with Crippen molar-refractivity contribution in [2.45, 2.75) is 70.1 Å². The molecule has 150 valence electrons. The minimum Gasteiger partial charge on any atom is -0.338 e. The molecule has 0 spiro atoms. The average Bonchev–Trinajstić information content (AvgIpc) is 3.20. The fraction of sp³-hybridized carbons (Fsp3) is 0.565. The first kappa shape index (κ1) is 19.2. The number of aromatic nitrogens is 2. The summed E-state index contributed by atoms with van der Waals surface area (Å²) in [4.78, 5) is 17.3. The topological polar surface area (TPSA) is 41.4 Å². The first-order valence-electron chi connectivity index (χ1n) is 10.7. The van der Waals surface area contributed by atoms with Gasteiger partial charge in [-0.15, -0.1) is 0 Å². The molecule has 2 aromatic rings. The number of carbonyl (C=O) groups excluding carboxylic acids is 1. The molecular weight excluding hydrogens is 348 g/mol. The van der Waals surface area contributed by atoms with Crippen molar-refractivity contribution in [3.8, 4) is 0 Å². The zero-order valence-corrected chi connectivity index (χ0v) is 17.1. The third-order valence-electron chi connectivity index (χ3n) is 6.49. The van der Waals surface area contributed by atoms with Gasteiger partial charge in [-0.1, -0.05) is 43.2 Å². The minimum atomic E-state index is 0.235. The molecule has 2 saturated heterocycles. The molecule has 3 atom stereocenters. The Hall–Kier alpha value is -2.14. The molecule has 1 aromatic heterocycles. The van der Waals surface area contributed by atoms with Crippen LogP contribution in [-0.4, -0.2) is 50.2 Å². The van der Waals surface area contributed by atoms with E-state index in [0.717, 1.165) is 32.4 Å². The van der Waals surface area contributed by atoms with E-state index in [9.17, 15) is 4.79 Å². The molecule has 5 heteroatoms. The number of fused-ring (bicyclic) bond motifs is 1. The Morgan fingerprint density at radius 3 is 2.64 bits per heavy atom. The van der Waals surface area contributed by atoms with Gasteiger partial charge in [0.05, 0.1) is 6.20 Å². The van der Waals surface area contributed by atoms with Gasteiger partial charge in [-0.05, 0) is 31.2 Å². The van der Waals surface area contributed by atoms with E-state index in [1.165, 1.54) is 30.4 Å². The fourth-order valence-corrected chi connectivity index (χ4v) is 5.22. The lowest BCUT2D eigenvalue weighted by Crippen LogP contribution is -2.48. The van der Waals surface area contributed by atoms with Gasteiger partial charge >= 0.3 is 0 Å². The van der Waals surface area contributed by atoms with Crippen molar-refractivity contribution in [1.82, 2.24) is 19.6 Å². The predicted octanol–water partition coefficient (Wildman–Crippen LogP) is 3.40. The van der Waals surface area contributed by atoms with Crippen molar-refractivity contribution >= 4 is 5.91 Å². The van der Waals surface area contributed by atoms with E-state index in [0.29, 0.717) is 18.1 Å². The summed E-state index contributed by atoms with van der Waals surface area (Å²) < 4.78 is 1.88. The highest BCUT2D eigenvalue weighted by molar-refractivity contribution is 5.73. The van der Waals surface area contributed by atoms with Crippen LogP contribution >= 0.6 is 0 Å². The lowest BCUT2D eigenvalue weighted by molar-refractivity contribution is -0.132. The Labute approximate surface area is 168 Å². The van der Waals surface area contributed by atoms with Gasteiger partial charge in [0, 0.05) is 56.9 Å². The molecule has 1 amide bonds. The van der Waals surface area contributed by atoms with E-state index in [4.69, 9.17) is 0 Å². The van der Waals surface area contributed by atoms with Crippen LogP contribution in [0.1, 0.15) is 50.2 Å². The second-order valence-electron chi connectivity index (χ2n) is 8.47. The number of hydrogen-bond acceptors (Lipinski definition) is 3. The summed E-state index contributed by atoms with van der Waals surface area (Å²) in [5.41, 5.74) is 2.64. The molecule has 0 saturated carbocycles. The van der Waals surface area contributed by atoms with Crippen LogP contribution in [0, 0.1) is 0 Å². The lowest BCUT2D eigenvalue weighted by atomic mass is 9.96. The van der Waals surface area contributed by atoms with Crippen LogP contribution in [0.25, 0.3) is 0 Å². The maximum atomic E-state index is 12.4. The maximum Gasteiger partial charge on any atom is 0.219 e. The summed E-state index contributed by atoms with van der Waals surface area (Å²) in [5.74, 6) is 0.235. The van der Waals surface area contributed by atoms with Gasteiger partial charge in [-0.3, -0.25) is 14.4 Å². The number of amides is 1. The van der Waals surface area contributed by atoms with Crippen molar-refractivity contribution < 1.29 is 4.79 Å². The van der Waals surface area contributed by atoms with Gasteiger partial charge in [-0.25, -0.2) is 0 Å². The summed E-state index contributed by atoms with van der Waals surface area (Å²) >= 11 is 0. The first-order valence-corrected chi connectivity index (χ1v) is 10.7. The van der Waals surface area contributed by atoms with E-state index < -0.39 is 0 Å². The van der Waals surface area contributed by atoms with Gasteiger partial charge < -0.3 is 4.90 Å². The third kappa shape index (κ3) is 4.14. The van der Waals surface area contributed by atoms with Crippen molar-refractivity contribution in [2.75, 3.05) is 6.54 Å². The smallest absolute Gasteiger partial charge is 0.219 e. The molecule has 0 unspecified atom stereocenters. The van der Waals surface area contributed by atoms with Crippen molar-refractivity contribution in [3.63, 3.8) is 0 Å². The zero-order chi connectivity index (χ0) is 19.5. The Morgan fingerprint density at radius 2 is 1.93 bits per heavy atom. The van der Waals surface area contributed by atoms with Gasteiger partial charge in [-0.2, -0.15) is 5.10 Å². The summed E-state index contributed by atoms with van der Waals surface area (Å²) in [5, 5.41) is 4.37. The van der Waals surface area contributed by atoms with Crippen LogP contribution in [0.4, 0.5) is 0 Å². The normalized spacial score (nSPS) is 25.9. The number of benzene rings is 1. The van der Waals surface area contributed by atoms with Crippen LogP contribution in [0.15, 0.2) is 42.7 Å². The molecule has 4 rings (SSSR count). The largest absolute Gasteiger partial charge is 0.338 e. The summed E-state index contributed by atoms with van der Waals surface area (Å²) in [7, 11) is 1.98. The predicted molar refractivity (Wildman–Crippen MR) is 111 cm³/mol. The summed E-state index contributed by atoms with van der Waals surface area (Å²) in [6.45, 7) is 3.57. The molecule has 0 bridgehead atoms. The Balaban J connectivity index is 1.62. The highest BCUT2D eigenvalue weighted by atomic mass is 16.2. The van der Waals surface area contributed by atoms with Gasteiger partial charge in [0.1, 0.15) is 0 Å².